The highest BCUT2D eigenvalue weighted by atomic mass is 19.2. The van der Waals surface area contributed by atoms with Gasteiger partial charge in [-0.25, -0.2) is 13.6 Å². The van der Waals surface area contributed by atoms with Crippen LogP contribution >= 0.6 is 0 Å². The third-order valence-electron chi connectivity index (χ3n) is 9.69. The van der Waals surface area contributed by atoms with Gasteiger partial charge in [0.15, 0.2) is 5.79 Å². The number of Topliss-reactive ketones (excluding diaryl/α,β-unsaturated/α-hetero) is 1. The highest BCUT2D eigenvalue weighted by Crippen LogP contribution is 2.74. The smallest absolute Gasteiger partial charge is 0.342 e. The van der Waals surface area contributed by atoms with Gasteiger partial charge in [-0.3, -0.25) is 14.4 Å². The van der Waals surface area contributed by atoms with Gasteiger partial charge in [0.05, 0.1) is 17.9 Å². The van der Waals surface area contributed by atoms with Crippen LogP contribution < -0.4 is 17.2 Å². The van der Waals surface area contributed by atoms with Gasteiger partial charge >= 0.3 is 11.9 Å². The van der Waals surface area contributed by atoms with E-state index in [2.05, 4.69) is 0 Å². The molecule has 12 nitrogen and oxygen atoms in total. The molecule has 1 aliphatic heterocycles. The molecular weight excluding hydrogens is 582 g/mol. The second-order valence-electron chi connectivity index (χ2n) is 12.1. The molecule has 5 fully saturated rings. The molecule has 1 heterocycles. The van der Waals surface area contributed by atoms with Crippen LogP contribution in [0.4, 0.5) is 8.78 Å². The van der Waals surface area contributed by atoms with E-state index >= 15 is 4.39 Å². The normalized spacial score (nSPS) is 41.9. The fraction of sp³-hybridized carbons (Fsp3) is 0.433. The Morgan fingerprint density at radius 2 is 1.34 bits per heavy atom. The second kappa shape index (κ2) is 9.35. The van der Waals surface area contributed by atoms with E-state index in [0.717, 1.165) is 11.1 Å². The summed E-state index contributed by atoms with van der Waals surface area (Å²) in [4.78, 5) is 44.5. The minimum atomic E-state index is -2.79. The number of nitrogens with zero attached hydrogens (tertiary/aromatic N) is 1. The summed E-state index contributed by atoms with van der Waals surface area (Å²) in [6.45, 7) is 0. The van der Waals surface area contributed by atoms with Crippen LogP contribution in [0, 0.1) is 35.0 Å². The summed E-state index contributed by atoms with van der Waals surface area (Å²) < 4.78 is 41.9. The van der Waals surface area contributed by atoms with Gasteiger partial charge in [0.25, 0.3) is 5.91 Å². The first-order valence-electron chi connectivity index (χ1n) is 13.7. The predicted octanol–water partition coefficient (Wildman–Crippen LogP) is 1.06. The molecule has 1 spiro atoms. The Labute approximate surface area is 248 Å². The quantitative estimate of drug-likeness (QED) is 0.321. The van der Waals surface area contributed by atoms with Gasteiger partial charge in [0.2, 0.25) is 11.3 Å². The number of rotatable bonds is 5. The molecule has 1 amide bonds. The Kier molecular flexibility index (Phi) is 6.33. The van der Waals surface area contributed by atoms with Gasteiger partial charge in [-0.15, -0.1) is 0 Å². The van der Waals surface area contributed by atoms with E-state index in [-0.39, 0.29) is 6.42 Å². The largest absolute Gasteiger partial charge is 0.480 e. The molecule has 0 bridgehead atoms. The van der Waals surface area contributed by atoms with Crippen molar-refractivity contribution in [1.29, 1.82) is 5.26 Å². The monoisotopic (exact) mass is 610 g/mol. The minimum absolute atomic E-state index is 0.0303. The van der Waals surface area contributed by atoms with Crippen LogP contribution in [0.25, 0.3) is 0 Å². The van der Waals surface area contributed by atoms with Crippen molar-refractivity contribution in [2.75, 3.05) is 0 Å². The first kappa shape index (κ1) is 29.8. The molecule has 14 heteroatoms. The van der Waals surface area contributed by atoms with Crippen molar-refractivity contribution < 1.29 is 47.6 Å². The van der Waals surface area contributed by atoms with E-state index in [0.29, 0.717) is 0 Å². The van der Waals surface area contributed by atoms with Gasteiger partial charge in [0.1, 0.15) is 29.1 Å². The zero-order chi connectivity index (χ0) is 32.0. The van der Waals surface area contributed by atoms with Crippen LogP contribution in [-0.2, 0) is 28.7 Å². The standard InChI is InChI=1S/C22H20FN3O3.C8H8FNO5/c23-22(19(25)27)17-18(22)21(11-20(17,26)12-24)28-15(13-7-3-1-4-8-13)16(29-21)14-9-5-2-6-10-14;9-8(6(14)15)3-2(11)1-7(10,4(3)8)5(12)13/h1-10,15-18H,11,26H2,(H2,25,27);3-4H,1,10H2,(H,12,13)(H,14,15)/t15-,16-,17+,18-,20+,22-;3-,4-,7+,8-/m01/s1. The number of benzene rings is 2. The average molecular weight is 611 g/mol. The number of alkyl halides is 2. The summed E-state index contributed by atoms with van der Waals surface area (Å²) in [5.74, 6) is -11.6. The first-order valence-corrected chi connectivity index (χ1v) is 13.7. The van der Waals surface area contributed by atoms with Crippen molar-refractivity contribution in [2.24, 2.45) is 40.9 Å². The number of nitrogens with two attached hydrogens (primary N) is 3. The summed E-state index contributed by atoms with van der Waals surface area (Å²) in [5.41, 5.74) is 9.75. The molecular formula is C30H28F2N4O8. The number of carbonyl (C=O) groups is 4. The number of amides is 1. The van der Waals surface area contributed by atoms with E-state index in [1.165, 1.54) is 0 Å². The van der Waals surface area contributed by atoms with Crippen LogP contribution in [0.15, 0.2) is 60.7 Å². The van der Waals surface area contributed by atoms with E-state index in [4.69, 9.17) is 36.9 Å². The first-order chi connectivity index (χ1) is 20.6. The zero-order valence-electron chi connectivity index (χ0n) is 22.9. The molecule has 2 aromatic rings. The number of aliphatic carboxylic acids is 2. The van der Waals surface area contributed by atoms with E-state index in [1.54, 1.807) is 0 Å². The van der Waals surface area contributed by atoms with Crippen molar-refractivity contribution in [3.8, 4) is 6.07 Å². The number of hydrogen-bond donors (Lipinski definition) is 5. The summed E-state index contributed by atoms with van der Waals surface area (Å²) in [6.07, 6.45) is -1.62. The molecule has 44 heavy (non-hydrogen) atoms. The zero-order valence-corrected chi connectivity index (χ0v) is 22.9. The van der Waals surface area contributed by atoms with Gasteiger partial charge in [0, 0.05) is 24.7 Å². The maximum absolute atomic E-state index is 15.5. The van der Waals surface area contributed by atoms with Gasteiger partial charge in [-0.2, -0.15) is 5.26 Å². The third kappa shape index (κ3) is 3.80. The molecule has 0 unspecified atom stereocenters. The second-order valence-corrected chi connectivity index (χ2v) is 12.1. The van der Waals surface area contributed by atoms with E-state index in [9.17, 15) is 28.8 Å². The lowest BCUT2D eigenvalue weighted by Gasteiger charge is -2.31. The number of hydrogen-bond acceptors (Lipinski definition) is 9. The Morgan fingerprint density at radius 1 is 0.841 bits per heavy atom. The number of ketones is 1. The van der Waals surface area contributed by atoms with Crippen molar-refractivity contribution >= 4 is 23.6 Å². The molecule has 0 radical (unpaired) electrons. The molecule has 0 aromatic heterocycles. The average Bonchev–Trinajstić information content (AvgIpc) is 3.68. The SMILES string of the molecule is N#C[C@]1(N)CC2(O[C@@H](c3ccccc3)[C@H](c3ccccc3)O2)[C@@H]2[C@H]1[C@@]2(F)C(N)=O.N[C@@]1(C(=O)O)CC(=O)[C@@H]2[C@H]1[C@@]2(F)C(=O)O. The fourth-order valence-electron chi connectivity index (χ4n) is 7.66. The van der Waals surface area contributed by atoms with Crippen molar-refractivity contribution in [3.05, 3.63) is 71.8 Å². The van der Waals surface area contributed by atoms with Gasteiger partial charge in [-0.05, 0) is 11.1 Å². The summed E-state index contributed by atoms with van der Waals surface area (Å²) >= 11 is 0. The van der Waals surface area contributed by atoms with E-state index in [1.807, 2.05) is 66.7 Å². The minimum Gasteiger partial charge on any atom is -0.480 e. The number of halogens is 2. The van der Waals surface area contributed by atoms with Gasteiger partial charge < -0.3 is 36.9 Å². The highest BCUT2D eigenvalue weighted by molar-refractivity contribution is 6.06. The number of primary amides is 1. The lowest BCUT2D eigenvalue weighted by atomic mass is 9.90. The Bertz CT molecular complexity index is 1580. The summed E-state index contributed by atoms with van der Waals surface area (Å²) in [7, 11) is 0. The summed E-state index contributed by atoms with van der Waals surface area (Å²) in [5, 5.41) is 27.0. The maximum Gasteiger partial charge on any atom is 0.342 e. The van der Waals surface area contributed by atoms with E-state index < -0.39 is 94.1 Å². The van der Waals surface area contributed by atoms with Crippen molar-refractivity contribution in [1.82, 2.24) is 0 Å². The molecule has 230 valence electrons. The Hall–Kier alpha value is -4.29. The van der Waals surface area contributed by atoms with Crippen LogP contribution in [0.2, 0.25) is 0 Å². The lowest BCUT2D eigenvalue weighted by molar-refractivity contribution is -0.199. The highest BCUT2D eigenvalue weighted by Gasteiger charge is 2.90. The number of carbonyl (C=O) groups excluding carboxylic acids is 2. The molecule has 4 aliphatic carbocycles. The number of ether oxygens (including phenoxy) is 2. The predicted molar refractivity (Wildman–Crippen MR) is 143 cm³/mol. The molecule has 5 aliphatic rings. The molecule has 2 aromatic carbocycles. The lowest BCUT2D eigenvalue weighted by Crippen LogP contribution is -2.52. The third-order valence-corrected chi connectivity index (χ3v) is 9.69. The van der Waals surface area contributed by atoms with Crippen LogP contribution in [0.5, 0.6) is 0 Å². The Balaban J connectivity index is 0.000000193. The molecule has 7 rings (SSSR count). The number of carboxylic acids is 2. The van der Waals surface area contributed by atoms with Crippen LogP contribution in [0.1, 0.15) is 36.2 Å². The Morgan fingerprint density at radius 3 is 1.73 bits per heavy atom. The maximum atomic E-state index is 15.5. The molecule has 1 saturated heterocycles. The number of fused-ring (bicyclic) bond motifs is 3. The molecule has 8 N–H and O–H groups in total. The number of nitriles is 1. The summed E-state index contributed by atoms with van der Waals surface area (Å²) in [6, 6.07) is 20.9. The van der Waals surface area contributed by atoms with Crippen LogP contribution in [-0.4, -0.2) is 62.0 Å². The topological polar surface area (TPSA) is 229 Å². The van der Waals surface area contributed by atoms with Gasteiger partial charge in [-0.1, -0.05) is 60.7 Å². The van der Waals surface area contributed by atoms with Crippen molar-refractivity contribution in [2.45, 2.75) is 53.3 Å². The van der Waals surface area contributed by atoms with Crippen LogP contribution in [0.3, 0.4) is 0 Å². The fourth-order valence-corrected chi connectivity index (χ4v) is 7.66. The molecule has 10 atom stereocenters. The van der Waals surface area contributed by atoms with Crippen molar-refractivity contribution in [3.63, 3.8) is 0 Å². The molecule has 4 saturated carbocycles. The number of carboxylic acid groups (broad SMARTS) is 2.